The van der Waals surface area contributed by atoms with Crippen LogP contribution in [-0.2, 0) is 9.59 Å². The fraction of sp³-hybridized carbons (Fsp3) is 0.200. The van der Waals surface area contributed by atoms with Crippen molar-refractivity contribution in [3.8, 4) is 5.75 Å². The molecule has 1 aliphatic rings. The van der Waals surface area contributed by atoms with Crippen LogP contribution in [0.2, 0.25) is 5.02 Å². The van der Waals surface area contributed by atoms with E-state index in [-0.39, 0.29) is 11.3 Å². The van der Waals surface area contributed by atoms with Crippen molar-refractivity contribution in [2.24, 2.45) is 0 Å². The Morgan fingerprint density at radius 3 is 2.50 bits per heavy atom. The van der Waals surface area contributed by atoms with Gasteiger partial charge in [0.1, 0.15) is 23.3 Å². The zero-order valence-electron chi connectivity index (χ0n) is 18.1. The number of nitrogens with zero attached hydrogens (tertiary/aromatic N) is 1. The van der Waals surface area contributed by atoms with Gasteiger partial charge in [0.15, 0.2) is 0 Å². The van der Waals surface area contributed by atoms with E-state index in [1.54, 1.807) is 36.4 Å². The molecule has 0 bridgehead atoms. The van der Waals surface area contributed by atoms with Gasteiger partial charge in [0.2, 0.25) is 0 Å². The van der Waals surface area contributed by atoms with Crippen LogP contribution in [0, 0.1) is 20.8 Å². The lowest BCUT2D eigenvalue weighted by molar-refractivity contribution is -0.132. The van der Waals surface area contributed by atoms with Crippen molar-refractivity contribution in [3.63, 3.8) is 0 Å². The van der Waals surface area contributed by atoms with Crippen molar-refractivity contribution < 1.29 is 23.8 Å². The van der Waals surface area contributed by atoms with Crippen LogP contribution in [0.4, 0.5) is 5.69 Å². The van der Waals surface area contributed by atoms with E-state index in [4.69, 9.17) is 20.8 Å². The number of aliphatic hydroxyl groups is 1. The predicted molar refractivity (Wildman–Crippen MR) is 122 cm³/mol. The fourth-order valence-corrected chi connectivity index (χ4v) is 4.35. The van der Waals surface area contributed by atoms with Crippen LogP contribution >= 0.6 is 11.6 Å². The number of hydrogen-bond acceptors (Lipinski definition) is 5. The summed E-state index contributed by atoms with van der Waals surface area (Å²) in [5.74, 6) is -1.15. The summed E-state index contributed by atoms with van der Waals surface area (Å²) in [7, 11) is 1.49. The molecule has 0 radical (unpaired) electrons. The van der Waals surface area contributed by atoms with Gasteiger partial charge in [0, 0.05) is 10.7 Å². The minimum Gasteiger partial charge on any atom is -0.507 e. The minimum atomic E-state index is -0.965. The molecular weight excluding hydrogens is 430 g/mol. The topological polar surface area (TPSA) is 80.0 Å². The van der Waals surface area contributed by atoms with Gasteiger partial charge in [-0.2, -0.15) is 0 Å². The van der Waals surface area contributed by atoms with Crippen molar-refractivity contribution in [2.45, 2.75) is 26.8 Å². The molecule has 7 heteroatoms. The molecule has 1 aromatic heterocycles. The Bertz CT molecular complexity index is 1260. The SMILES string of the molecule is COc1c(C)cc(C)cc1/C(O)=C1/C(=O)C(=O)N(c2cc(Cl)ccc2C)C1c1ccco1. The number of halogens is 1. The largest absolute Gasteiger partial charge is 0.507 e. The van der Waals surface area contributed by atoms with Crippen molar-refractivity contribution in [3.05, 3.63) is 87.3 Å². The molecule has 2 aromatic carbocycles. The Labute approximate surface area is 190 Å². The van der Waals surface area contributed by atoms with Crippen molar-refractivity contribution in [1.29, 1.82) is 0 Å². The first-order valence-electron chi connectivity index (χ1n) is 10.0. The van der Waals surface area contributed by atoms with E-state index in [2.05, 4.69) is 0 Å². The molecule has 2 heterocycles. The summed E-state index contributed by atoms with van der Waals surface area (Å²) in [6.07, 6.45) is 1.46. The maximum Gasteiger partial charge on any atom is 0.300 e. The van der Waals surface area contributed by atoms with Crippen LogP contribution in [0.5, 0.6) is 5.75 Å². The lowest BCUT2D eigenvalue weighted by Crippen LogP contribution is -2.30. The van der Waals surface area contributed by atoms with Gasteiger partial charge in [-0.05, 0) is 67.8 Å². The summed E-state index contributed by atoms with van der Waals surface area (Å²) in [4.78, 5) is 27.8. The van der Waals surface area contributed by atoms with E-state index >= 15 is 0 Å². The highest BCUT2D eigenvalue weighted by Crippen LogP contribution is 2.45. The number of carbonyl (C=O) groups is 2. The molecule has 1 saturated heterocycles. The molecule has 1 amide bonds. The number of hydrogen-bond donors (Lipinski definition) is 1. The lowest BCUT2D eigenvalue weighted by atomic mass is 9.96. The third kappa shape index (κ3) is 3.46. The van der Waals surface area contributed by atoms with Gasteiger partial charge in [0.25, 0.3) is 11.7 Å². The van der Waals surface area contributed by atoms with E-state index in [9.17, 15) is 14.7 Å². The zero-order valence-corrected chi connectivity index (χ0v) is 18.9. The zero-order chi connectivity index (χ0) is 23.2. The highest BCUT2D eigenvalue weighted by molar-refractivity contribution is 6.52. The molecular formula is C25H22ClNO5. The molecule has 6 nitrogen and oxygen atoms in total. The Balaban J connectivity index is 2.01. The summed E-state index contributed by atoms with van der Waals surface area (Å²) in [5.41, 5.74) is 3.14. The van der Waals surface area contributed by atoms with Crippen LogP contribution in [0.3, 0.4) is 0 Å². The van der Waals surface area contributed by atoms with Gasteiger partial charge in [-0.25, -0.2) is 0 Å². The van der Waals surface area contributed by atoms with E-state index in [1.165, 1.54) is 18.3 Å². The summed E-state index contributed by atoms with van der Waals surface area (Å²) in [6, 6.07) is 11.1. The van der Waals surface area contributed by atoms with Crippen molar-refractivity contribution >= 4 is 34.7 Å². The average Bonchev–Trinajstić information content (AvgIpc) is 3.36. The Morgan fingerprint density at radius 2 is 1.84 bits per heavy atom. The highest BCUT2D eigenvalue weighted by atomic mass is 35.5. The highest BCUT2D eigenvalue weighted by Gasteiger charge is 2.49. The summed E-state index contributed by atoms with van der Waals surface area (Å²) in [5, 5.41) is 11.8. The number of carbonyl (C=O) groups excluding carboxylic acids is 2. The quantitative estimate of drug-likeness (QED) is 0.322. The summed E-state index contributed by atoms with van der Waals surface area (Å²) >= 11 is 6.20. The normalized spacial score (nSPS) is 17.8. The molecule has 1 N–H and O–H groups in total. The molecule has 1 atom stereocenters. The smallest absolute Gasteiger partial charge is 0.300 e. The average molecular weight is 452 g/mol. The van der Waals surface area contributed by atoms with Crippen molar-refractivity contribution in [2.75, 3.05) is 12.0 Å². The van der Waals surface area contributed by atoms with Gasteiger partial charge in [-0.15, -0.1) is 0 Å². The van der Waals surface area contributed by atoms with Gasteiger partial charge >= 0.3 is 0 Å². The number of ether oxygens (including phenoxy) is 1. The number of aliphatic hydroxyl groups excluding tert-OH is 1. The maximum absolute atomic E-state index is 13.3. The number of anilines is 1. The Kier molecular flexibility index (Phi) is 5.57. The number of methoxy groups -OCH3 is 1. The van der Waals surface area contributed by atoms with Crippen LogP contribution in [0.1, 0.15) is 34.1 Å². The predicted octanol–water partition coefficient (Wildman–Crippen LogP) is 5.49. The first kappa shape index (κ1) is 21.7. The number of benzene rings is 2. The standard InChI is InChI=1S/C25H22ClNO5/c1-13-10-15(3)24(31-4)17(11-13)22(28)20-21(19-6-5-9-32-19)27(25(30)23(20)29)18-12-16(26)8-7-14(18)2/h5-12,21,28H,1-4H3/b22-20-. The van der Waals surface area contributed by atoms with Gasteiger partial charge < -0.3 is 14.3 Å². The molecule has 164 valence electrons. The second-order valence-electron chi connectivity index (χ2n) is 7.78. The number of Topliss-reactive ketones (excluding diaryl/α,β-unsaturated/α-hetero) is 1. The van der Waals surface area contributed by atoms with E-state index < -0.39 is 17.7 Å². The van der Waals surface area contributed by atoms with E-state index in [0.29, 0.717) is 27.8 Å². The monoisotopic (exact) mass is 451 g/mol. The molecule has 0 saturated carbocycles. The van der Waals surface area contributed by atoms with Gasteiger partial charge in [-0.3, -0.25) is 14.5 Å². The first-order chi connectivity index (χ1) is 15.2. The molecule has 0 aliphatic carbocycles. The van der Waals surface area contributed by atoms with Crippen LogP contribution in [0.25, 0.3) is 5.76 Å². The van der Waals surface area contributed by atoms with Crippen molar-refractivity contribution in [1.82, 2.24) is 0 Å². The second-order valence-corrected chi connectivity index (χ2v) is 8.21. The number of furan rings is 1. The first-order valence-corrected chi connectivity index (χ1v) is 10.4. The maximum atomic E-state index is 13.3. The number of ketones is 1. The molecule has 1 unspecified atom stereocenters. The van der Waals surface area contributed by atoms with Crippen LogP contribution in [-0.4, -0.2) is 23.9 Å². The van der Waals surface area contributed by atoms with Crippen LogP contribution in [0.15, 0.2) is 58.7 Å². The van der Waals surface area contributed by atoms with Gasteiger partial charge in [-0.1, -0.05) is 23.7 Å². The van der Waals surface area contributed by atoms with Gasteiger partial charge in [0.05, 0.1) is 24.5 Å². The minimum absolute atomic E-state index is 0.0763. The molecule has 0 spiro atoms. The molecule has 3 aromatic rings. The molecule has 4 rings (SSSR count). The molecule has 1 fully saturated rings. The summed E-state index contributed by atoms with van der Waals surface area (Å²) < 4.78 is 11.1. The van der Waals surface area contributed by atoms with E-state index in [0.717, 1.165) is 16.7 Å². The third-order valence-electron chi connectivity index (χ3n) is 5.57. The fourth-order valence-electron chi connectivity index (χ4n) is 4.19. The Morgan fingerprint density at radius 1 is 1.09 bits per heavy atom. The molecule has 32 heavy (non-hydrogen) atoms. The van der Waals surface area contributed by atoms with Crippen LogP contribution < -0.4 is 9.64 Å². The third-order valence-corrected chi connectivity index (χ3v) is 5.80. The number of aryl methyl sites for hydroxylation is 3. The Hall–Kier alpha value is -3.51. The molecule has 1 aliphatic heterocycles. The number of amides is 1. The van der Waals surface area contributed by atoms with E-state index in [1.807, 2.05) is 26.8 Å². The number of rotatable bonds is 4. The second kappa shape index (κ2) is 8.20. The summed E-state index contributed by atoms with van der Waals surface area (Å²) in [6.45, 7) is 5.54. The lowest BCUT2D eigenvalue weighted by Gasteiger charge is -2.25.